The Labute approximate surface area is 103 Å². The lowest BCUT2D eigenvalue weighted by Crippen LogP contribution is -2.29. The molecule has 16 heavy (non-hydrogen) atoms. The lowest BCUT2D eigenvalue weighted by Gasteiger charge is -2.22. The Balaban J connectivity index is 3.34. The van der Waals surface area contributed by atoms with Crippen LogP contribution in [0.5, 0.6) is 0 Å². The smallest absolute Gasteiger partial charge is 0.000427 e. The van der Waals surface area contributed by atoms with Gasteiger partial charge in [0.05, 0.1) is 0 Å². The van der Waals surface area contributed by atoms with Crippen molar-refractivity contribution < 1.29 is 0 Å². The van der Waals surface area contributed by atoms with Gasteiger partial charge in [-0.05, 0) is 50.9 Å². The summed E-state index contributed by atoms with van der Waals surface area (Å²) in [4.78, 5) is 2.56. The van der Waals surface area contributed by atoms with E-state index in [0.717, 1.165) is 18.4 Å². The zero-order valence-corrected chi connectivity index (χ0v) is 12.1. The highest BCUT2D eigenvalue weighted by Crippen LogP contribution is 2.00. The third kappa shape index (κ3) is 10.4. The monoisotopic (exact) mass is 228 g/mol. The highest BCUT2D eigenvalue weighted by molar-refractivity contribution is 4.59. The minimum absolute atomic E-state index is 0.771. The van der Waals surface area contributed by atoms with Gasteiger partial charge in [-0.25, -0.2) is 0 Å². The number of unbranched alkanes of at least 4 members (excludes halogenated alkanes) is 1. The van der Waals surface area contributed by atoms with E-state index < -0.39 is 0 Å². The molecule has 0 rings (SSSR count). The molecule has 0 atom stereocenters. The summed E-state index contributed by atoms with van der Waals surface area (Å²) in [6.07, 6.45) is 2.63. The Morgan fingerprint density at radius 2 is 1.69 bits per heavy atom. The first-order valence-electron chi connectivity index (χ1n) is 6.99. The Bertz CT molecular complexity index is 144. The molecule has 0 spiro atoms. The van der Waals surface area contributed by atoms with Crippen molar-refractivity contribution in [1.29, 1.82) is 0 Å². The van der Waals surface area contributed by atoms with Gasteiger partial charge in [-0.1, -0.05) is 34.6 Å². The predicted molar refractivity (Wildman–Crippen MR) is 73.9 cm³/mol. The van der Waals surface area contributed by atoms with Gasteiger partial charge in [-0.2, -0.15) is 0 Å². The minimum Gasteiger partial charge on any atom is -0.316 e. The van der Waals surface area contributed by atoms with Gasteiger partial charge < -0.3 is 10.2 Å². The van der Waals surface area contributed by atoms with Crippen LogP contribution in [0.4, 0.5) is 0 Å². The van der Waals surface area contributed by atoms with Crippen LogP contribution in [0.25, 0.3) is 0 Å². The van der Waals surface area contributed by atoms with Crippen LogP contribution in [0.3, 0.4) is 0 Å². The number of hydrogen-bond donors (Lipinski definition) is 1. The molecule has 0 radical (unpaired) electrons. The molecular weight excluding hydrogens is 196 g/mol. The van der Waals surface area contributed by atoms with Gasteiger partial charge in [0.15, 0.2) is 0 Å². The Hall–Kier alpha value is -0.0800. The number of hydrogen-bond acceptors (Lipinski definition) is 2. The molecule has 0 saturated heterocycles. The van der Waals surface area contributed by atoms with Crippen molar-refractivity contribution in [1.82, 2.24) is 10.2 Å². The summed E-state index contributed by atoms with van der Waals surface area (Å²) in [7, 11) is 0. The Morgan fingerprint density at radius 1 is 1.00 bits per heavy atom. The number of rotatable bonds is 10. The van der Waals surface area contributed by atoms with Gasteiger partial charge in [0.25, 0.3) is 0 Å². The van der Waals surface area contributed by atoms with E-state index in [0.29, 0.717) is 0 Å². The molecule has 0 bridgehead atoms. The zero-order valence-electron chi connectivity index (χ0n) is 12.1. The van der Waals surface area contributed by atoms with E-state index in [4.69, 9.17) is 0 Å². The van der Waals surface area contributed by atoms with E-state index in [9.17, 15) is 0 Å². The SMILES string of the molecule is CCN(CCCCNCC(C)C)CC(C)C. The second-order valence-electron chi connectivity index (χ2n) is 5.59. The van der Waals surface area contributed by atoms with E-state index in [1.54, 1.807) is 0 Å². The molecule has 0 unspecified atom stereocenters. The standard InChI is InChI=1S/C14H32N2/c1-6-16(12-14(4)5)10-8-7-9-15-11-13(2)3/h13-15H,6-12H2,1-5H3. The molecule has 0 aliphatic heterocycles. The van der Waals surface area contributed by atoms with E-state index in [1.807, 2.05) is 0 Å². The van der Waals surface area contributed by atoms with Gasteiger partial charge >= 0.3 is 0 Å². The molecule has 0 amide bonds. The van der Waals surface area contributed by atoms with E-state index >= 15 is 0 Å². The molecule has 0 aromatic carbocycles. The van der Waals surface area contributed by atoms with Gasteiger partial charge in [0.2, 0.25) is 0 Å². The quantitative estimate of drug-likeness (QED) is 0.578. The number of nitrogens with zero attached hydrogens (tertiary/aromatic N) is 1. The van der Waals surface area contributed by atoms with Crippen LogP contribution in [0, 0.1) is 11.8 Å². The van der Waals surface area contributed by atoms with Crippen molar-refractivity contribution in [2.24, 2.45) is 11.8 Å². The van der Waals surface area contributed by atoms with Crippen molar-refractivity contribution >= 4 is 0 Å². The summed E-state index contributed by atoms with van der Waals surface area (Å²) in [6, 6.07) is 0. The largest absolute Gasteiger partial charge is 0.316 e. The predicted octanol–water partition coefficient (Wildman–Crippen LogP) is 2.99. The van der Waals surface area contributed by atoms with Gasteiger partial charge in [0.1, 0.15) is 0 Å². The maximum absolute atomic E-state index is 3.50. The maximum Gasteiger partial charge on any atom is 0.000427 e. The van der Waals surface area contributed by atoms with Crippen LogP contribution in [0.15, 0.2) is 0 Å². The van der Waals surface area contributed by atoms with Crippen molar-refractivity contribution in [3.05, 3.63) is 0 Å². The van der Waals surface area contributed by atoms with Crippen molar-refractivity contribution in [2.75, 3.05) is 32.7 Å². The average Bonchev–Trinajstić information content (AvgIpc) is 2.20. The van der Waals surface area contributed by atoms with E-state index in [2.05, 4.69) is 44.8 Å². The van der Waals surface area contributed by atoms with Crippen LogP contribution < -0.4 is 5.32 Å². The maximum atomic E-state index is 3.50. The van der Waals surface area contributed by atoms with Crippen LogP contribution in [-0.2, 0) is 0 Å². The Morgan fingerprint density at radius 3 is 2.19 bits per heavy atom. The van der Waals surface area contributed by atoms with E-state index in [-0.39, 0.29) is 0 Å². The highest BCUT2D eigenvalue weighted by Gasteiger charge is 2.04. The zero-order chi connectivity index (χ0) is 12.4. The fourth-order valence-electron chi connectivity index (χ4n) is 1.87. The van der Waals surface area contributed by atoms with Gasteiger partial charge in [-0.3, -0.25) is 0 Å². The number of nitrogens with one attached hydrogen (secondary N) is 1. The summed E-state index contributed by atoms with van der Waals surface area (Å²) in [5, 5.41) is 3.50. The van der Waals surface area contributed by atoms with Crippen molar-refractivity contribution in [3.63, 3.8) is 0 Å². The first kappa shape index (κ1) is 15.9. The molecule has 0 aliphatic carbocycles. The van der Waals surface area contributed by atoms with E-state index in [1.165, 1.54) is 39.0 Å². The summed E-state index contributed by atoms with van der Waals surface area (Å²) in [6.45, 7) is 17.4. The molecule has 1 N–H and O–H groups in total. The molecule has 0 heterocycles. The van der Waals surface area contributed by atoms with Crippen LogP contribution in [-0.4, -0.2) is 37.6 Å². The molecule has 98 valence electrons. The first-order valence-corrected chi connectivity index (χ1v) is 6.99. The summed E-state index contributed by atoms with van der Waals surface area (Å²) >= 11 is 0. The normalized spacial score (nSPS) is 12.0. The summed E-state index contributed by atoms with van der Waals surface area (Å²) < 4.78 is 0. The summed E-state index contributed by atoms with van der Waals surface area (Å²) in [5.74, 6) is 1.56. The molecule has 0 fully saturated rings. The third-order valence-electron chi connectivity index (χ3n) is 2.70. The fourth-order valence-corrected chi connectivity index (χ4v) is 1.87. The second-order valence-corrected chi connectivity index (χ2v) is 5.59. The topological polar surface area (TPSA) is 15.3 Å². The lowest BCUT2D eigenvalue weighted by molar-refractivity contribution is 0.251. The summed E-state index contributed by atoms with van der Waals surface area (Å²) in [5.41, 5.74) is 0. The first-order chi connectivity index (χ1) is 7.56. The Kier molecular flexibility index (Phi) is 10.0. The third-order valence-corrected chi connectivity index (χ3v) is 2.70. The molecule has 0 aromatic heterocycles. The molecule has 0 saturated carbocycles. The van der Waals surface area contributed by atoms with Crippen molar-refractivity contribution in [2.45, 2.75) is 47.5 Å². The van der Waals surface area contributed by atoms with Gasteiger partial charge in [-0.15, -0.1) is 0 Å². The minimum atomic E-state index is 0.771. The molecule has 0 aliphatic rings. The fraction of sp³-hybridized carbons (Fsp3) is 1.00. The van der Waals surface area contributed by atoms with Gasteiger partial charge in [0, 0.05) is 6.54 Å². The molecular formula is C14H32N2. The van der Waals surface area contributed by atoms with Crippen LogP contribution in [0.1, 0.15) is 47.5 Å². The molecule has 2 heteroatoms. The molecule has 0 aromatic rings. The average molecular weight is 228 g/mol. The highest BCUT2D eigenvalue weighted by atomic mass is 15.1. The lowest BCUT2D eigenvalue weighted by atomic mass is 10.2. The van der Waals surface area contributed by atoms with Crippen LogP contribution in [0.2, 0.25) is 0 Å². The van der Waals surface area contributed by atoms with Crippen molar-refractivity contribution in [3.8, 4) is 0 Å². The van der Waals surface area contributed by atoms with Crippen LogP contribution >= 0.6 is 0 Å². The molecule has 2 nitrogen and oxygen atoms in total. The second kappa shape index (κ2) is 10.1.